The van der Waals surface area contributed by atoms with Gasteiger partial charge in [-0.2, -0.15) is 5.10 Å². The lowest BCUT2D eigenvalue weighted by atomic mass is 9.90. The van der Waals surface area contributed by atoms with Gasteiger partial charge in [0.1, 0.15) is 0 Å². The average molecular weight is 332 g/mol. The second kappa shape index (κ2) is 6.89. The van der Waals surface area contributed by atoms with E-state index >= 15 is 0 Å². The fourth-order valence-corrected chi connectivity index (χ4v) is 3.44. The summed E-state index contributed by atoms with van der Waals surface area (Å²) in [6.07, 6.45) is 9.28. The molecule has 126 valence electrons. The van der Waals surface area contributed by atoms with Crippen LogP contribution in [-0.2, 0) is 0 Å². The number of piperidine rings is 1. The Labute approximate surface area is 146 Å². The number of benzene rings is 1. The largest absolute Gasteiger partial charge is 0.339 e. The summed E-state index contributed by atoms with van der Waals surface area (Å²) in [5.74, 6) is 0.615. The lowest BCUT2D eigenvalue weighted by Gasteiger charge is -2.32. The molecular weight excluding hydrogens is 312 g/mol. The highest BCUT2D eigenvalue weighted by atomic mass is 16.2. The van der Waals surface area contributed by atoms with Gasteiger partial charge in [-0.25, -0.2) is 4.68 Å². The average Bonchev–Trinajstić information content (AvgIpc) is 3.23. The first-order chi connectivity index (χ1) is 12.3. The molecule has 1 aromatic carbocycles. The molecule has 3 heterocycles. The zero-order valence-corrected chi connectivity index (χ0v) is 14.0. The number of nitrogens with zero attached hydrogens (tertiary/aromatic N) is 4. The molecule has 0 aliphatic carbocycles. The summed E-state index contributed by atoms with van der Waals surface area (Å²) >= 11 is 0. The van der Waals surface area contributed by atoms with Gasteiger partial charge in [0, 0.05) is 43.4 Å². The van der Waals surface area contributed by atoms with Gasteiger partial charge in [0.05, 0.1) is 5.69 Å². The molecule has 0 spiro atoms. The van der Waals surface area contributed by atoms with E-state index in [0.29, 0.717) is 5.92 Å². The molecule has 3 aromatic rings. The van der Waals surface area contributed by atoms with E-state index in [0.717, 1.165) is 37.2 Å². The fraction of sp³-hybridized carbons (Fsp3) is 0.250. The van der Waals surface area contributed by atoms with Crippen molar-refractivity contribution in [3.05, 3.63) is 78.4 Å². The highest BCUT2D eigenvalue weighted by Gasteiger charge is 2.24. The van der Waals surface area contributed by atoms with E-state index in [4.69, 9.17) is 0 Å². The number of hydrogen-bond acceptors (Lipinski definition) is 3. The Balaban J connectivity index is 1.45. The number of amides is 1. The second-order valence-corrected chi connectivity index (χ2v) is 6.35. The third-order valence-electron chi connectivity index (χ3n) is 4.82. The van der Waals surface area contributed by atoms with Crippen LogP contribution in [0.25, 0.3) is 5.69 Å². The second-order valence-electron chi connectivity index (χ2n) is 6.35. The molecule has 5 nitrogen and oxygen atoms in total. The van der Waals surface area contributed by atoms with Crippen molar-refractivity contribution >= 4 is 5.91 Å². The van der Waals surface area contributed by atoms with Crippen molar-refractivity contribution in [1.29, 1.82) is 0 Å². The standard InChI is InChI=1S/C20H20N4O/c25-20(18-3-1-4-19(15-18)24-12-2-9-22-24)23-13-7-17(8-14-23)16-5-10-21-11-6-16/h1-6,9-12,15,17H,7-8,13-14H2. The molecule has 0 saturated carbocycles. The van der Waals surface area contributed by atoms with Crippen molar-refractivity contribution in [1.82, 2.24) is 19.7 Å². The van der Waals surface area contributed by atoms with Gasteiger partial charge in [0.15, 0.2) is 0 Å². The molecule has 4 rings (SSSR count). The third kappa shape index (κ3) is 3.31. The predicted octanol–water partition coefficient (Wildman–Crippen LogP) is 3.29. The Morgan fingerprint density at radius 1 is 1.00 bits per heavy atom. The molecule has 5 heteroatoms. The Kier molecular flexibility index (Phi) is 4.29. The monoisotopic (exact) mass is 332 g/mol. The molecule has 0 unspecified atom stereocenters. The molecule has 1 amide bonds. The molecule has 1 fully saturated rings. The first kappa shape index (κ1) is 15.6. The fourth-order valence-electron chi connectivity index (χ4n) is 3.44. The van der Waals surface area contributed by atoms with Crippen LogP contribution >= 0.6 is 0 Å². The van der Waals surface area contributed by atoms with Crippen molar-refractivity contribution in [3.63, 3.8) is 0 Å². The summed E-state index contributed by atoms with van der Waals surface area (Å²) < 4.78 is 1.77. The smallest absolute Gasteiger partial charge is 0.253 e. The molecule has 2 aromatic heterocycles. The Morgan fingerprint density at radius 2 is 1.80 bits per heavy atom. The number of carbonyl (C=O) groups excluding carboxylic acids is 1. The van der Waals surface area contributed by atoms with E-state index < -0.39 is 0 Å². The topological polar surface area (TPSA) is 51.0 Å². The molecule has 1 saturated heterocycles. The minimum absolute atomic E-state index is 0.0992. The van der Waals surface area contributed by atoms with Gasteiger partial charge in [0.25, 0.3) is 5.91 Å². The van der Waals surface area contributed by atoms with Crippen LogP contribution in [0.2, 0.25) is 0 Å². The van der Waals surface area contributed by atoms with E-state index in [2.05, 4.69) is 22.2 Å². The van der Waals surface area contributed by atoms with Gasteiger partial charge < -0.3 is 4.90 Å². The minimum atomic E-state index is 0.0992. The number of rotatable bonds is 3. The molecule has 0 radical (unpaired) electrons. The van der Waals surface area contributed by atoms with Crippen molar-refractivity contribution in [2.45, 2.75) is 18.8 Å². The maximum absolute atomic E-state index is 12.9. The number of hydrogen-bond donors (Lipinski definition) is 0. The number of likely N-dealkylation sites (tertiary alicyclic amines) is 1. The van der Waals surface area contributed by atoms with Crippen LogP contribution in [0.15, 0.2) is 67.3 Å². The van der Waals surface area contributed by atoms with E-state index in [1.54, 1.807) is 10.9 Å². The lowest BCUT2D eigenvalue weighted by Crippen LogP contribution is -2.37. The summed E-state index contributed by atoms with van der Waals surface area (Å²) in [4.78, 5) is 18.9. The van der Waals surface area contributed by atoms with Crippen molar-refractivity contribution in [2.75, 3.05) is 13.1 Å². The molecule has 0 bridgehead atoms. The SMILES string of the molecule is O=C(c1cccc(-n2cccn2)c1)N1CCC(c2ccncc2)CC1. The van der Waals surface area contributed by atoms with E-state index in [1.165, 1.54) is 5.56 Å². The normalized spacial score (nSPS) is 15.3. The lowest BCUT2D eigenvalue weighted by molar-refractivity contribution is 0.0713. The van der Waals surface area contributed by atoms with Gasteiger partial charge in [-0.05, 0) is 60.7 Å². The molecular formula is C20H20N4O. The van der Waals surface area contributed by atoms with E-state index in [1.807, 2.05) is 53.8 Å². The van der Waals surface area contributed by atoms with Gasteiger partial charge in [-0.3, -0.25) is 9.78 Å². The van der Waals surface area contributed by atoms with E-state index in [9.17, 15) is 4.79 Å². The van der Waals surface area contributed by atoms with Crippen LogP contribution < -0.4 is 0 Å². The Bertz CT molecular complexity index is 837. The zero-order chi connectivity index (χ0) is 17.1. The molecule has 0 N–H and O–H groups in total. The zero-order valence-electron chi connectivity index (χ0n) is 14.0. The van der Waals surface area contributed by atoms with Crippen LogP contribution in [0.3, 0.4) is 0 Å². The predicted molar refractivity (Wildman–Crippen MR) is 95.7 cm³/mol. The van der Waals surface area contributed by atoms with Gasteiger partial charge in [0.2, 0.25) is 0 Å². The maximum atomic E-state index is 12.9. The first-order valence-corrected chi connectivity index (χ1v) is 8.60. The summed E-state index contributed by atoms with van der Waals surface area (Å²) in [5, 5.41) is 4.23. The molecule has 1 aliphatic rings. The van der Waals surface area contributed by atoms with Crippen LogP contribution in [-0.4, -0.2) is 38.7 Å². The van der Waals surface area contributed by atoms with Gasteiger partial charge in [-0.1, -0.05) is 6.07 Å². The van der Waals surface area contributed by atoms with Crippen molar-refractivity contribution in [2.24, 2.45) is 0 Å². The number of carbonyl (C=O) groups is 1. The van der Waals surface area contributed by atoms with Gasteiger partial charge in [-0.15, -0.1) is 0 Å². The molecule has 25 heavy (non-hydrogen) atoms. The summed E-state index contributed by atoms with van der Waals surface area (Å²) in [6, 6.07) is 13.7. The Morgan fingerprint density at radius 3 is 2.52 bits per heavy atom. The first-order valence-electron chi connectivity index (χ1n) is 8.60. The summed E-state index contributed by atoms with van der Waals surface area (Å²) in [6.45, 7) is 1.58. The Hall–Kier alpha value is -2.95. The van der Waals surface area contributed by atoms with E-state index in [-0.39, 0.29) is 5.91 Å². The number of aromatic nitrogens is 3. The quantitative estimate of drug-likeness (QED) is 0.739. The van der Waals surface area contributed by atoms with Crippen molar-refractivity contribution in [3.8, 4) is 5.69 Å². The highest BCUT2D eigenvalue weighted by Crippen LogP contribution is 2.28. The van der Waals surface area contributed by atoms with Crippen LogP contribution in [0, 0.1) is 0 Å². The maximum Gasteiger partial charge on any atom is 0.253 e. The van der Waals surface area contributed by atoms with Crippen LogP contribution in [0.1, 0.15) is 34.7 Å². The van der Waals surface area contributed by atoms with Crippen LogP contribution in [0.4, 0.5) is 0 Å². The van der Waals surface area contributed by atoms with Crippen molar-refractivity contribution < 1.29 is 4.79 Å². The molecule has 1 aliphatic heterocycles. The third-order valence-corrected chi connectivity index (χ3v) is 4.82. The van der Waals surface area contributed by atoms with Gasteiger partial charge >= 0.3 is 0 Å². The summed E-state index contributed by atoms with van der Waals surface area (Å²) in [5.41, 5.74) is 2.95. The molecule has 0 atom stereocenters. The van der Waals surface area contributed by atoms with Crippen LogP contribution in [0.5, 0.6) is 0 Å². The minimum Gasteiger partial charge on any atom is -0.339 e. The summed E-state index contributed by atoms with van der Waals surface area (Å²) in [7, 11) is 0. The number of pyridine rings is 1. The highest BCUT2D eigenvalue weighted by molar-refractivity contribution is 5.94.